The van der Waals surface area contributed by atoms with Crippen molar-refractivity contribution in [2.24, 2.45) is 17.8 Å². The minimum Gasteiger partial charge on any atom is -0.481 e. The molecule has 2 atom stereocenters. The van der Waals surface area contributed by atoms with Crippen molar-refractivity contribution in [3.05, 3.63) is 0 Å². The van der Waals surface area contributed by atoms with E-state index in [1.165, 1.54) is 0 Å². The molecule has 1 N–H and O–H groups in total. The summed E-state index contributed by atoms with van der Waals surface area (Å²) in [5.74, 6) is -3.02. The first kappa shape index (κ1) is 13.8. The second-order valence-electron chi connectivity index (χ2n) is 5.19. The van der Waals surface area contributed by atoms with Gasteiger partial charge in [-0.2, -0.15) is 0 Å². The molecule has 2 fully saturated rings. The van der Waals surface area contributed by atoms with E-state index < -0.39 is 43.4 Å². The Kier molecular flexibility index (Phi) is 3.44. The zero-order valence-corrected chi connectivity index (χ0v) is 11.4. The molecule has 2 saturated heterocycles. The smallest absolute Gasteiger partial charge is 0.307 e. The average Bonchev–Trinajstić information content (AvgIpc) is 2.70. The van der Waals surface area contributed by atoms with Gasteiger partial charge in [-0.05, 0) is 24.7 Å². The van der Waals surface area contributed by atoms with Crippen molar-refractivity contribution >= 4 is 25.6 Å². The van der Waals surface area contributed by atoms with E-state index in [1.807, 2.05) is 0 Å². The first-order chi connectivity index (χ1) is 8.20. The molecule has 2 aliphatic rings. The maximum absolute atomic E-state index is 11.4. The van der Waals surface area contributed by atoms with Gasteiger partial charge in [0.05, 0.1) is 28.9 Å². The fraction of sp³-hybridized carbons (Fsp3) is 0.900. The Morgan fingerprint density at radius 1 is 0.944 bits per heavy atom. The van der Waals surface area contributed by atoms with Crippen LogP contribution in [0.25, 0.3) is 0 Å². The number of rotatable bonds is 3. The highest BCUT2D eigenvalue weighted by molar-refractivity contribution is 7.91. The molecular weight excluding hydrogens is 280 g/mol. The number of hydrogen-bond donors (Lipinski definition) is 1. The first-order valence-electron chi connectivity index (χ1n) is 5.84. The van der Waals surface area contributed by atoms with Gasteiger partial charge in [0.25, 0.3) is 0 Å². The van der Waals surface area contributed by atoms with Gasteiger partial charge < -0.3 is 5.11 Å². The summed E-state index contributed by atoms with van der Waals surface area (Å²) in [7, 11) is -6.29. The molecule has 2 rings (SSSR count). The molecule has 104 valence electrons. The Morgan fingerprint density at radius 2 is 1.33 bits per heavy atom. The summed E-state index contributed by atoms with van der Waals surface area (Å²) >= 11 is 0. The van der Waals surface area contributed by atoms with Gasteiger partial charge in [-0.25, -0.2) is 16.8 Å². The van der Waals surface area contributed by atoms with Crippen LogP contribution in [0.4, 0.5) is 0 Å². The zero-order chi connectivity index (χ0) is 13.6. The van der Waals surface area contributed by atoms with Crippen molar-refractivity contribution < 1.29 is 26.7 Å². The van der Waals surface area contributed by atoms with E-state index in [9.17, 15) is 26.7 Å². The molecule has 2 aliphatic heterocycles. The van der Waals surface area contributed by atoms with Crippen LogP contribution in [0.5, 0.6) is 0 Å². The van der Waals surface area contributed by atoms with Crippen LogP contribution < -0.4 is 0 Å². The molecule has 8 heteroatoms. The molecular formula is C10H16O6S2. The van der Waals surface area contributed by atoms with Crippen molar-refractivity contribution in [3.63, 3.8) is 0 Å². The van der Waals surface area contributed by atoms with Gasteiger partial charge in [0, 0.05) is 0 Å². The lowest BCUT2D eigenvalue weighted by molar-refractivity contribution is -0.145. The van der Waals surface area contributed by atoms with Gasteiger partial charge in [0.1, 0.15) is 0 Å². The topological polar surface area (TPSA) is 106 Å². The Labute approximate surface area is 106 Å². The molecule has 18 heavy (non-hydrogen) atoms. The second kappa shape index (κ2) is 4.48. The van der Waals surface area contributed by atoms with E-state index in [0.717, 1.165) is 0 Å². The number of aliphatic carboxylic acids is 1. The molecule has 2 heterocycles. The highest BCUT2D eigenvalue weighted by atomic mass is 32.2. The Morgan fingerprint density at radius 3 is 1.56 bits per heavy atom. The molecule has 0 spiro atoms. The van der Waals surface area contributed by atoms with Crippen LogP contribution in [0, 0.1) is 17.8 Å². The SMILES string of the molecule is O=C(O)C(C1CCS(=O)(=O)C1)C1CCS(=O)(=O)C1. The fourth-order valence-electron chi connectivity index (χ4n) is 3.00. The van der Waals surface area contributed by atoms with E-state index in [1.54, 1.807) is 0 Å². The third kappa shape index (κ3) is 2.85. The number of hydrogen-bond acceptors (Lipinski definition) is 5. The Balaban J connectivity index is 2.18. The fourth-order valence-corrected chi connectivity index (χ4v) is 6.71. The summed E-state index contributed by atoms with van der Waals surface area (Å²) in [6, 6.07) is 0. The van der Waals surface area contributed by atoms with Gasteiger partial charge in [-0.3, -0.25) is 4.79 Å². The van der Waals surface area contributed by atoms with Crippen LogP contribution in [-0.2, 0) is 24.5 Å². The van der Waals surface area contributed by atoms with E-state index in [-0.39, 0.29) is 23.0 Å². The van der Waals surface area contributed by atoms with Gasteiger partial charge in [-0.1, -0.05) is 0 Å². The predicted molar refractivity (Wildman–Crippen MR) is 64.6 cm³/mol. The molecule has 0 aromatic carbocycles. The van der Waals surface area contributed by atoms with Crippen molar-refractivity contribution in [2.45, 2.75) is 12.8 Å². The van der Waals surface area contributed by atoms with Gasteiger partial charge in [0.2, 0.25) is 0 Å². The van der Waals surface area contributed by atoms with Crippen LogP contribution in [0.15, 0.2) is 0 Å². The van der Waals surface area contributed by atoms with Gasteiger partial charge in [-0.15, -0.1) is 0 Å². The van der Waals surface area contributed by atoms with Gasteiger partial charge >= 0.3 is 5.97 Å². The van der Waals surface area contributed by atoms with Gasteiger partial charge in [0.15, 0.2) is 19.7 Å². The summed E-state index contributed by atoms with van der Waals surface area (Å²) in [5.41, 5.74) is 0. The summed E-state index contributed by atoms with van der Waals surface area (Å²) in [4.78, 5) is 11.3. The van der Waals surface area contributed by atoms with Crippen LogP contribution in [0.3, 0.4) is 0 Å². The third-order valence-corrected chi connectivity index (χ3v) is 7.42. The van der Waals surface area contributed by atoms with Crippen LogP contribution in [0.2, 0.25) is 0 Å². The van der Waals surface area contributed by atoms with Crippen molar-refractivity contribution in [1.29, 1.82) is 0 Å². The molecule has 6 nitrogen and oxygen atoms in total. The van der Waals surface area contributed by atoms with Crippen LogP contribution >= 0.6 is 0 Å². The van der Waals surface area contributed by atoms with Crippen LogP contribution in [-0.4, -0.2) is 50.9 Å². The van der Waals surface area contributed by atoms with Crippen molar-refractivity contribution in [1.82, 2.24) is 0 Å². The van der Waals surface area contributed by atoms with E-state index in [4.69, 9.17) is 0 Å². The minimum atomic E-state index is -3.15. The number of carbonyl (C=O) groups is 1. The normalized spacial score (nSPS) is 35.3. The molecule has 0 radical (unpaired) electrons. The molecule has 0 aromatic heterocycles. The molecule has 0 amide bonds. The monoisotopic (exact) mass is 296 g/mol. The van der Waals surface area contributed by atoms with E-state index >= 15 is 0 Å². The summed E-state index contributed by atoms with van der Waals surface area (Å²) in [6.45, 7) is 0. The average molecular weight is 296 g/mol. The lowest BCUT2D eigenvalue weighted by Gasteiger charge is -2.23. The summed E-state index contributed by atoms with van der Waals surface area (Å²) in [6.07, 6.45) is 0.658. The van der Waals surface area contributed by atoms with Crippen LogP contribution in [0.1, 0.15) is 12.8 Å². The standard InChI is InChI=1S/C10H16O6S2/c11-10(12)9(7-1-3-17(13,14)5-7)8-2-4-18(15,16)6-8/h7-9H,1-6H2,(H,11,12). The number of sulfone groups is 2. The molecule has 0 bridgehead atoms. The highest BCUT2D eigenvalue weighted by Gasteiger charge is 2.45. The van der Waals surface area contributed by atoms with E-state index in [0.29, 0.717) is 12.8 Å². The first-order valence-corrected chi connectivity index (χ1v) is 9.48. The van der Waals surface area contributed by atoms with E-state index in [2.05, 4.69) is 0 Å². The minimum absolute atomic E-state index is 0.0148. The Bertz CT molecular complexity index is 503. The lowest BCUT2D eigenvalue weighted by Crippen LogP contribution is -2.32. The number of carboxylic acids is 1. The molecule has 0 aliphatic carbocycles. The quantitative estimate of drug-likeness (QED) is 0.756. The molecule has 0 saturated carbocycles. The maximum atomic E-state index is 11.4. The second-order valence-corrected chi connectivity index (χ2v) is 9.65. The predicted octanol–water partition coefficient (Wildman–Crippen LogP) is -0.443. The third-order valence-electron chi connectivity index (χ3n) is 3.84. The number of carboxylic acid groups (broad SMARTS) is 1. The maximum Gasteiger partial charge on any atom is 0.307 e. The summed E-state index contributed by atoms with van der Waals surface area (Å²) < 4.78 is 45.6. The van der Waals surface area contributed by atoms with Crippen molar-refractivity contribution in [3.8, 4) is 0 Å². The zero-order valence-electron chi connectivity index (χ0n) is 9.78. The Hall–Kier alpha value is -0.630. The highest BCUT2D eigenvalue weighted by Crippen LogP contribution is 2.36. The lowest BCUT2D eigenvalue weighted by atomic mass is 9.81. The summed E-state index contributed by atoms with van der Waals surface area (Å²) in [5, 5.41) is 9.24. The molecule has 2 unspecified atom stereocenters. The largest absolute Gasteiger partial charge is 0.481 e. The van der Waals surface area contributed by atoms with Crippen molar-refractivity contribution in [2.75, 3.05) is 23.0 Å². The molecule has 0 aromatic rings.